The molecule has 0 bridgehead atoms. The third-order valence-corrected chi connectivity index (χ3v) is 7.81. The van der Waals surface area contributed by atoms with Gasteiger partial charge in [-0.2, -0.15) is 0 Å². The van der Waals surface area contributed by atoms with E-state index in [2.05, 4.69) is 56.3 Å². The third-order valence-electron chi connectivity index (χ3n) is 6.84. The number of furan rings is 1. The van der Waals surface area contributed by atoms with Gasteiger partial charge in [0.05, 0.1) is 11.7 Å². The van der Waals surface area contributed by atoms with E-state index in [1.165, 1.54) is 5.56 Å². The van der Waals surface area contributed by atoms with Crippen LogP contribution in [-0.4, -0.2) is 10.1 Å². The number of para-hydroxylation sites is 1. The zero-order valence-corrected chi connectivity index (χ0v) is 23.9. The van der Waals surface area contributed by atoms with Crippen molar-refractivity contribution in [2.75, 3.05) is 4.90 Å². The molecule has 0 saturated carbocycles. The molecule has 3 aromatic carbocycles. The Morgan fingerprint density at radius 2 is 1.72 bits per heavy atom. The summed E-state index contributed by atoms with van der Waals surface area (Å²) in [5.41, 5.74) is 5.08. The smallest absolute Gasteiger partial charge is 0.174 e. The monoisotopic (exact) mass is 595 g/mol. The fourth-order valence-electron chi connectivity index (χ4n) is 4.87. The van der Waals surface area contributed by atoms with Gasteiger partial charge < -0.3 is 19.4 Å². The topological polar surface area (TPSA) is 50.5 Å². The minimum Gasteiger partial charge on any atom is -0.459 e. The van der Waals surface area contributed by atoms with Crippen molar-refractivity contribution in [3.8, 4) is 22.8 Å². The fourth-order valence-corrected chi connectivity index (χ4v) is 5.91. The van der Waals surface area contributed by atoms with Crippen LogP contribution in [0.15, 0.2) is 112 Å². The van der Waals surface area contributed by atoms with E-state index < -0.39 is 0 Å². The molecule has 0 radical (unpaired) electrons. The molecule has 5 aromatic rings. The standard InChI is InChI=1S/C32H26BrN3O2S/c1-20-10-15-24(25(33)19-20)28-16-17-29(38-28)31-30(26-8-5-6-18-34-26)35-32(39)36(31)22-11-13-23(14-12-22)37-27-9-4-3-7-21(27)2/h3-19,30-31H,1-2H3,(H,35,39). The first-order chi connectivity index (χ1) is 19.0. The second kappa shape index (κ2) is 10.7. The zero-order valence-electron chi connectivity index (χ0n) is 21.5. The van der Waals surface area contributed by atoms with E-state index in [1.54, 1.807) is 6.20 Å². The lowest BCUT2D eigenvalue weighted by atomic mass is 10.0. The van der Waals surface area contributed by atoms with Gasteiger partial charge in [0.1, 0.15) is 29.1 Å². The van der Waals surface area contributed by atoms with E-state index in [0.29, 0.717) is 5.11 Å². The van der Waals surface area contributed by atoms with Gasteiger partial charge in [0, 0.05) is 21.9 Å². The number of halogens is 1. The predicted octanol–water partition coefficient (Wildman–Crippen LogP) is 8.69. The van der Waals surface area contributed by atoms with Crippen molar-refractivity contribution in [2.24, 2.45) is 0 Å². The molecule has 2 atom stereocenters. The Bertz CT molecular complexity index is 1640. The molecule has 5 nitrogen and oxygen atoms in total. The molecular formula is C32H26BrN3O2S. The van der Waals surface area contributed by atoms with E-state index in [9.17, 15) is 0 Å². The van der Waals surface area contributed by atoms with Crippen LogP contribution in [0.3, 0.4) is 0 Å². The SMILES string of the molecule is Cc1ccc(-c2ccc(C3C(c4ccccn4)NC(=S)N3c3ccc(Oc4ccccc4C)cc3)o2)c(Br)c1. The maximum absolute atomic E-state index is 6.52. The van der Waals surface area contributed by atoms with Crippen LogP contribution in [-0.2, 0) is 0 Å². The molecule has 0 aliphatic carbocycles. The number of aryl methyl sites for hydroxylation is 2. The van der Waals surface area contributed by atoms with Crippen LogP contribution in [0.4, 0.5) is 5.69 Å². The summed E-state index contributed by atoms with van der Waals surface area (Å²) >= 11 is 9.57. The summed E-state index contributed by atoms with van der Waals surface area (Å²) in [6.07, 6.45) is 1.80. The Balaban J connectivity index is 1.36. The summed E-state index contributed by atoms with van der Waals surface area (Å²) in [6.45, 7) is 4.10. The molecule has 1 saturated heterocycles. The lowest BCUT2D eigenvalue weighted by Gasteiger charge is -2.26. The zero-order chi connectivity index (χ0) is 26.9. The van der Waals surface area contributed by atoms with Gasteiger partial charge in [-0.3, -0.25) is 4.98 Å². The van der Waals surface area contributed by atoms with E-state index in [-0.39, 0.29) is 12.1 Å². The molecule has 1 fully saturated rings. The van der Waals surface area contributed by atoms with Gasteiger partial charge in [0.25, 0.3) is 0 Å². The first-order valence-corrected chi connectivity index (χ1v) is 13.9. The number of nitrogens with zero attached hydrogens (tertiary/aromatic N) is 2. The summed E-state index contributed by atoms with van der Waals surface area (Å²) in [5.74, 6) is 3.17. The molecule has 3 heterocycles. The molecule has 0 amide bonds. The van der Waals surface area contributed by atoms with Crippen LogP contribution in [0, 0.1) is 13.8 Å². The van der Waals surface area contributed by atoms with Gasteiger partial charge in [0.2, 0.25) is 0 Å². The lowest BCUT2D eigenvalue weighted by Crippen LogP contribution is -2.29. The number of ether oxygens (including phenoxy) is 1. The average molecular weight is 597 g/mol. The number of pyridine rings is 1. The number of nitrogens with one attached hydrogen (secondary N) is 1. The average Bonchev–Trinajstić information content (AvgIpc) is 3.55. The minimum absolute atomic E-state index is 0.193. The van der Waals surface area contributed by atoms with Crippen LogP contribution in [0.1, 0.15) is 34.7 Å². The van der Waals surface area contributed by atoms with Crippen molar-refractivity contribution < 1.29 is 9.15 Å². The summed E-state index contributed by atoms with van der Waals surface area (Å²) in [6, 6.07) is 31.7. The third kappa shape index (κ3) is 5.07. The lowest BCUT2D eigenvalue weighted by molar-refractivity contribution is 0.439. The second-order valence-corrected chi connectivity index (χ2v) is 10.8. The molecule has 7 heteroatoms. The van der Waals surface area contributed by atoms with Gasteiger partial charge in [0.15, 0.2) is 5.11 Å². The molecule has 2 unspecified atom stereocenters. The maximum Gasteiger partial charge on any atom is 0.174 e. The maximum atomic E-state index is 6.52. The number of anilines is 1. The van der Waals surface area contributed by atoms with Crippen LogP contribution in [0.2, 0.25) is 0 Å². The Kier molecular flexibility index (Phi) is 6.94. The van der Waals surface area contributed by atoms with Gasteiger partial charge in [-0.25, -0.2) is 0 Å². The van der Waals surface area contributed by atoms with E-state index in [4.69, 9.17) is 21.4 Å². The van der Waals surface area contributed by atoms with Crippen molar-refractivity contribution in [3.05, 3.63) is 130 Å². The Labute approximate surface area is 241 Å². The number of hydrogen-bond donors (Lipinski definition) is 1. The number of benzene rings is 3. The highest BCUT2D eigenvalue weighted by atomic mass is 79.9. The molecule has 1 N–H and O–H groups in total. The molecular weight excluding hydrogens is 570 g/mol. The van der Waals surface area contributed by atoms with Crippen LogP contribution >= 0.6 is 28.1 Å². The number of thiocarbonyl (C=S) groups is 1. The van der Waals surface area contributed by atoms with Crippen molar-refractivity contribution in [3.63, 3.8) is 0 Å². The number of rotatable bonds is 6. The van der Waals surface area contributed by atoms with Crippen molar-refractivity contribution >= 4 is 38.9 Å². The Morgan fingerprint density at radius 3 is 2.46 bits per heavy atom. The normalized spacial score (nSPS) is 16.8. The molecule has 1 aliphatic rings. The predicted molar refractivity (Wildman–Crippen MR) is 162 cm³/mol. The van der Waals surface area contributed by atoms with Gasteiger partial charge in [-0.1, -0.05) is 46.3 Å². The molecule has 6 rings (SSSR count). The summed E-state index contributed by atoms with van der Waals surface area (Å²) in [4.78, 5) is 6.74. The fraction of sp³-hybridized carbons (Fsp3) is 0.125. The van der Waals surface area contributed by atoms with Crippen molar-refractivity contribution in [1.29, 1.82) is 0 Å². The molecule has 0 spiro atoms. The summed E-state index contributed by atoms with van der Waals surface area (Å²) in [7, 11) is 0. The first-order valence-electron chi connectivity index (χ1n) is 12.7. The molecule has 39 heavy (non-hydrogen) atoms. The number of hydrogen-bond acceptors (Lipinski definition) is 4. The largest absolute Gasteiger partial charge is 0.459 e. The van der Waals surface area contributed by atoms with Crippen molar-refractivity contribution in [1.82, 2.24) is 10.3 Å². The van der Waals surface area contributed by atoms with Crippen LogP contribution < -0.4 is 15.0 Å². The van der Waals surface area contributed by atoms with Crippen LogP contribution in [0.25, 0.3) is 11.3 Å². The van der Waals surface area contributed by atoms with Gasteiger partial charge in [-0.15, -0.1) is 0 Å². The molecule has 194 valence electrons. The summed E-state index contributed by atoms with van der Waals surface area (Å²) in [5, 5.41) is 4.10. The summed E-state index contributed by atoms with van der Waals surface area (Å²) < 4.78 is 13.6. The van der Waals surface area contributed by atoms with Crippen molar-refractivity contribution in [2.45, 2.75) is 25.9 Å². The second-order valence-electron chi connectivity index (χ2n) is 9.54. The van der Waals surface area contributed by atoms with Crippen LogP contribution in [0.5, 0.6) is 11.5 Å². The van der Waals surface area contributed by atoms with E-state index in [1.807, 2.05) is 85.8 Å². The van der Waals surface area contributed by atoms with Gasteiger partial charge in [-0.05, 0) is 104 Å². The molecule has 1 aliphatic heterocycles. The highest BCUT2D eigenvalue weighted by Gasteiger charge is 2.42. The highest BCUT2D eigenvalue weighted by Crippen LogP contribution is 2.44. The Hall–Kier alpha value is -3.94. The first kappa shape index (κ1) is 25.3. The van der Waals surface area contributed by atoms with E-state index in [0.717, 1.165) is 50.0 Å². The molecule has 2 aromatic heterocycles. The minimum atomic E-state index is -0.242. The highest BCUT2D eigenvalue weighted by molar-refractivity contribution is 9.10. The quantitative estimate of drug-likeness (QED) is 0.198. The Morgan fingerprint density at radius 1 is 0.923 bits per heavy atom. The number of aromatic nitrogens is 1. The van der Waals surface area contributed by atoms with E-state index >= 15 is 0 Å². The van der Waals surface area contributed by atoms with Gasteiger partial charge >= 0.3 is 0 Å².